The van der Waals surface area contributed by atoms with Gasteiger partial charge in [0.1, 0.15) is 30.6 Å². The molecule has 1 aliphatic carbocycles. The maximum absolute atomic E-state index is 14.5. The van der Waals surface area contributed by atoms with Gasteiger partial charge in [0.15, 0.2) is 5.78 Å². The Morgan fingerprint density at radius 1 is 0.884 bits per heavy atom. The summed E-state index contributed by atoms with van der Waals surface area (Å²) in [7, 11) is 4.61. The number of nitrogens with zero attached hydrogens (tertiary/aromatic N) is 1. The lowest BCUT2D eigenvalue weighted by Gasteiger charge is -2.43. The van der Waals surface area contributed by atoms with Gasteiger partial charge in [-0.15, -0.1) is 0 Å². The summed E-state index contributed by atoms with van der Waals surface area (Å²) in [6.45, 7) is 13.0. The number of rotatable bonds is 10. The Bertz CT molecular complexity index is 1830. The second kappa shape index (κ2) is 27.4. The van der Waals surface area contributed by atoms with Gasteiger partial charge >= 0.3 is 5.97 Å². The zero-order valence-corrected chi connectivity index (χ0v) is 43.1. The third kappa shape index (κ3) is 15.8. The predicted molar refractivity (Wildman–Crippen MR) is 261 cm³/mol. The monoisotopic (exact) mass is 972 g/mol. The molecule has 4 aliphatic rings. The molecule has 3 heterocycles. The summed E-state index contributed by atoms with van der Waals surface area (Å²) in [4.78, 5) is 71.2. The topological polar surface area (TPSA) is 205 Å². The number of hydrogen-bond acceptors (Lipinski definition) is 14. The summed E-state index contributed by atoms with van der Waals surface area (Å²) in [5.74, 6) is -6.68. The molecule has 1 unspecified atom stereocenters. The van der Waals surface area contributed by atoms with Crippen LogP contribution in [0.2, 0.25) is 0 Å². The lowest BCUT2D eigenvalue weighted by molar-refractivity contribution is -0.265. The Balaban J connectivity index is 1.72. The highest BCUT2D eigenvalue weighted by atomic mass is 16.6. The number of ketones is 2. The Labute approximate surface area is 411 Å². The smallest absolute Gasteiger partial charge is 0.329 e. The molecular formula is C54H85NO14. The molecule has 3 N–H and O–H groups in total. The zero-order valence-electron chi connectivity index (χ0n) is 43.1. The molecular weight excluding hydrogens is 887 g/mol. The van der Waals surface area contributed by atoms with Gasteiger partial charge in [-0.3, -0.25) is 14.4 Å². The number of Topliss-reactive ketones (excluding diaryl/α,β-unsaturated/α-hetero) is 2. The highest BCUT2D eigenvalue weighted by Gasteiger charge is 2.53. The Hall–Kier alpha value is -3.41. The van der Waals surface area contributed by atoms with Crippen molar-refractivity contribution in [1.29, 1.82) is 0 Å². The average Bonchev–Trinajstić information content (AvgIpc) is 3.33. The van der Waals surface area contributed by atoms with Gasteiger partial charge in [-0.1, -0.05) is 64.2 Å². The molecule has 1 saturated carbocycles. The Kier molecular flexibility index (Phi) is 23.1. The van der Waals surface area contributed by atoms with Crippen LogP contribution in [0.1, 0.15) is 132 Å². The second-order valence-electron chi connectivity index (χ2n) is 20.8. The van der Waals surface area contributed by atoms with Gasteiger partial charge in [0.25, 0.3) is 11.7 Å². The summed E-state index contributed by atoms with van der Waals surface area (Å²) in [5.41, 5.74) is 0.113. The van der Waals surface area contributed by atoms with Crippen molar-refractivity contribution in [3.63, 3.8) is 0 Å². The zero-order chi connectivity index (χ0) is 51.1. The van der Waals surface area contributed by atoms with E-state index >= 15 is 0 Å². The van der Waals surface area contributed by atoms with Gasteiger partial charge in [-0.05, 0) is 127 Å². The lowest BCUT2D eigenvalue weighted by Crippen LogP contribution is -2.61. The van der Waals surface area contributed by atoms with Gasteiger partial charge < -0.3 is 53.4 Å². The van der Waals surface area contributed by atoms with Crippen LogP contribution in [0.25, 0.3) is 0 Å². The predicted octanol–water partition coefficient (Wildman–Crippen LogP) is 6.59. The van der Waals surface area contributed by atoms with E-state index in [9.17, 15) is 39.3 Å². The normalized spacial score (nSPS) is 38.5. The molecule has 0 aromatic heterocycles. The van der Waals surface area contributed by atoms with Crippen molar-refractivity contribution in [2.24, 2.45) is 35.0 Å². The number of esters is 1. The molecule has 390 valence electrons. The van der Waals surface area contributed by atoms with Crippen LogP contribution in [0.3, 0.4) is 0 Å². The molecule has 3 aliphatic heterocycles. The summed E-state index contributed by atoms with van der Waals surface area (Å²) in [6.07, 6.45) is 13.9. The van der Waals surface area contributed by atoms with Crippen LogP contribution >= 0.6 is 0 Å². The van der Waals surface area contributed by atoms with Crippen molar-refractivity contribution in [3.8, 4) is 0 Å². The molecule has 15 nitrogen and oxygen atoms in total. The standard InChI is InChI=1S/C54H85NO14/c1-34-16-12-11-13-17-35(2)45(64-8)31-41-21-19-39(6)54(63,69-41)50(60)51(61)55-25-15-14-18-42(55)52(62)68-43(36(3)29-40-20-22-44(67-27-26-56)46(30-40)65-9)23-24-53(7,33-57)32-38(5)48(59)49(66-10)47(58)37(4)28-34/h11-13,16-17,32-34,36-37,39-46,48-49,56,59,63H,14-15,18-31H2,1-10H3/b13-11?,16-12+,35-17?,38-32+/t34-,36?,37-,39-,40+,41+,42+,43+,44-,45+,46-,48-,49+,53-,54-/m1/s1. The van der Waals surface area contributed by atoms with Gasteiger partial charge in [-0.25, -0.2) is 4.79 Å². The molecule has 0 spiro atoms. The molecule has 1 amide bonds. The van der Waals surface area contributed by atoms with Crippen molar-refractivity contribution >= 4 is 29.7 Å². The summed E-state index contributed by atoms with van der Waals surface area (Å²) in [5, 5.41) is 33.0. The highest BCUT2D eigenvalue weighted by molar-refractivity contribution is 6.39. The molecule has 0 radical (unpaired) electrons. The molecule has 2 saturated heterocycles. The number of amides is 1. The Morgan fingerprint density at radius 3 is 2.29 bits per heavy atom. The van der Waals surface area contributed by atoms with E-state index in [1.165, 1.54) is 12.0 Å². The van der Waals surface area contributed by atoms with E-state index in [1.807, 2.05) is 58.1 Å². The van der Waals surface area contributed by atoms with Gasteiger partial charge in [-0.2, -0.15) is 0 Å². The number of methoxy groups -OCH3 is 3. The first kappa shape index (κ1) is 58.2. The minimum Gasteiger partial charge on any atom is -0.461 e. The summed E-state index contributed by atoms with van der Waals surface area (Å²) < 4.78 is 35.8. The SMILES string of the molecule is CO[C@H]1C[C@@H]2CC[C@@H](C)[C@@](O)(O2)C(=O)C(=O)N2CCCC[C@H]2C(=O)O[C@H](C(C)C[C@@H]2CC[C@@H](OCCO)[C@H](OC)C2)CC[C@@](C)(C=O)/C=C(\C)[C@@H](O)[C@@H](OC)C(=O)[C@H](C)C[C@H](C)/C=C/C=CC=C1C. The number of aldehydes is 1. The van der Waals surface area contributed by atoms with E-state index in [-0.39, 0.29) is 74.8 Å². The van der Waals surface area contributed by atoms with Crippen molar-refractivity contribution in [2.45, 2.75) is 186 Å². The van der Waals surface area contributed by atoms with Crippen LogP contribution in [0, 0.1) is 35.0 Å². The number of carbonyl (C=O) groups is 5. The third-order valence-electron chi connectivity index (χ3n) is 15.2. The van der Waals surface area contributed by atoms with Crippen LogP contribution in [0.15, 0.2) is 47.6 Å². The number of aliphatic hydroxyl groups excluding tert-OH is 2. The van der Waals surface area contributed by atoms with Crippen molar-refractivity contribution < 1.29 is 67.7 Å². The van der Waals surface area contributed by atoms with Crippen molar-refractivity contribution in [1.82, 2.24) is 4.90 Å². The van der Waals surface area contributed by atoms with Gasteiger partial charge in [0.2, 0.25) is 5.79 Å². The van der Waals surface area contributed by atoms with Gasteiger partial charge in [0, 0.05) is 51.5 Å². The molecule has 15 atom stereocenters. The number of carbonyl (C=O) groups excluding carboxylic acids is 5. The fourth-order valence-corrected chi connectivity index (χ4v) is 10.8. The quantitative estimate of drug-likeness (QED) is 0.0916. The molecule has 2 bridgehead atoms. The van der Waals surface area contributed by atoms with Crippen LogP contribution in [0.5, 0.6) is 0 Å². The van der Waals surface area contributed by atoms with E-state index in [0.29, 0.717) is 56.9 Å². The number of hydrogen-bond donors (Lipinski definition) is 3. The second-order valence-corrected chi connectivity index (χ2v) is 20.8. The van der Waals surface area contributed by atoms with E-state index in [2.05, 4.69) is 0 Å². The number of allylic oxidation sites excluding steroid dienone is 6. The first-order chi connectivity index (χ1) is 32.8. The number of piperidine rings is 1. The molecule has 69 heavy (non-hydrogen) atoms. The number of cyclic esters (lactones) is 1. The molecule has 0 aromatic rings. The minimum atomic E-state index is -2.42. The largest absolute Gasteiger partial charge is 0.461 e. The minimum absolute atomic E-state index is 0.0118. The summed E-state index contributed by atoms with van der Waals surface area (Å²) in [6, 6.07) is -1.10. The number of aliphatic hydroxyl groups is 3. The Morgan fingerprint density at radius 2 is 1.62 bits per heavy atom. The fourth-order valence-electron chi connectivity index (χ4n) is 10.8. The van der Waals surface area contributed by atoms with E-state index in [1.54, 1.807) is 41.1 Å². The third-order valence-corrected chi connectivity index (χ3v) is 15.2. The lowest BCUT2D eigenvalue weighted by atomic mass is 9.77. The van der Waals surface area contributed by atoms with Crippen molar-refractivity contribution in [2.75, 3.05) is 41.1 Å². The maximum Gasteiger partial charge on any atom is 0.329 e. The first-order valence-electron chi connectivity index (χ1n) is 25.4. The molecule has 15 heteroatoms. The van der Waals surface area contributed by atoms with Crippen molar-refractivity contribution in [3.05, 3.63) is 47.6 Å². The molecule has 4 rings (SSSR count). The first-order valence-corrected chi connectivity index (χ1v) is 25.4. The number of fused-ring (bicyclic) bond motifs is 3. The highest BCUT2D eigenvalue weighted by Crippen LogP contribution is 2.39. The van der Waals surface area contributed by atoms with Crippen LogP contribution in [-0.4, -0.2) is 146 Å². The van der Waals surface area contributed by atoms with Crippen LogP contribution in [-0.2, 0) is 52.4 Å². The molecule has 0 aromatic carbocycles. The fraction of sp³-hybridized carbons (Fsp3) is 0.759. The average molecular weight is 972 g/mol. The number of ether oxygens (including phenoxy) is 6. The maximum atomic E-state index is 14.5. The van der Waals surface area contributed by atoms with Gasteiger partial charge in [0.05, 0.1) is 37.6 Å². The van der Waals surface area contributed by atoms with E-state index < -0.39 is 77.3 Å². The molecule has 3 fully saturated rings. The van der Waals surface area contributed by atoms with E-state index in [0.717, 1.165) is 24.7 Å². The van der Waals surface area contributed by atoms with E-state index in [4.69, 9.17) is 28.4 Å². The summed E-state index contributed by atoms with van der Waals surface area (Å²) >= 11 is 0. The van der Waals surface area contributed by atoms with Crippen LogP contribution < -0.4 is 0 Å². The van der Waals surface area contributed by atoms with Crippen LogP contribution in [0.4, 0.5) is 0 Å².